The summed E-state index contributed by atoms with van der Waals surface area (Å²) in [6.45, 7) is 0. The van der Waals surface area contributed by atoms with Gasteiger partial charge in [0.05, 0.1) is 6.42 Å². The summed E-state index contributed by atoms with van der Waals surface area (Å²) in [5.41, 5.74) is 1.35. The molecule has 1 aromatic rings. The molecule has 1 rings (SSSR count). The molecule has 0 aliphatic carbocycles. The van der Waals surface area contributed by atoms with Gasteiger partial charge in [-0.25, -0.2) is 4.79 Å². The average molecular weight is 262 g/mol. The van der Waals surface area contributed by atoms with Crippen LogP contribution in [0.25, 0.3) is 0 Å². The fraction of sp³-hybridized carbons (Fsp3) is 0.154. The molecule has 19 heavy (non-hydrogen) atoms. The first kappa shape index (κ1) is 14.4. The first-order chi connectivity index (χ1) is 9.01. The van der Waals surface area contributed by atoms with E-state index in [1.54, 1.807) is 31.3 Å². The molecule has 0 radical (unpaired) electrons. The van der Waals surface area contributed by atoms with E-state index in [1.165, 1.54) is 0 Å². The monoisotopic (exact) mass is 262 g/mol. The van der Waals surface area contributed by atoms with Crippen molar-refractivity contribution in [2.45, 2.75) is 6.42 Å². The Balaban J connectivity index is 2.59. The van der Waals surface area contributed by atoms with Crippen LogP contribution in [-0.2, 0) is 20.8 Å². The molecule has 6 nitrogen and oxygen atoms in total. The number of carbonyl (C=O) groups excluding carboxylic acids is 2. The molecule has 0 fully saturated rings. The van der Waals surface area contributed by atoms with Crippen LogP contribution in [0.4, 0.5) is 5.69 Å². The molecule has 0 saturated carbocycles. The summed E-state index contributed by atoms with van der Waals surface area (Å²) >= 11 is 0. The molecule has 3 N–H and O–H groups in total. The van der Waals surface area contributed by atoms with Gasteiger partial charge in [0.15, 0.2) is 0 Å². The van der Waals surface area contributed by atoms with Gasteiger partial charge < -0.3 is 15.7 Å². The Morgan fingerprint density at radius 2 is 1.79 bits per heavy atom. The Morgan fingerprint density at radius 3 is 2.32 bits per heavy atom. The van der Waals surface area contributed by atoms with Crippen LogP contribution in [0.1, 0.15) is 5.56 Å². The van der Waals surface area contributed by atoms with Gasteiger partial charge in [0.1, 0.15) is 0 Å². The minimum Gasteiger partial charge on any atom is -0.478 e. The number of rotatable bonds is 5. The molecule has 0 aliphatic heterocycles. The standard InChI is InChI=1S/C13H14N2O4/c1-14-12(17)8-9-2-4-10(5-3-9)15-11(16)6-7-13(18)19/h2-7H,8H2,1H3,(H,14,17)(H,15,16)(H,18,19)/b7-6+. The van der Waals surface area contributed by atoms with Gasteiger partial charge in [0, 0.05) is 24.9 Å². The van der Waals surface area contributed by atoms with Crippen LogP contribution in [0.5, 0.6) is 0 Å². The SMILES string of the molecule is CNC(=O)Cc1ccc(NC(=O)/C=C/C(=O)O)cc1. The Kier molecular flexibility index (Phi) is 5.28. The number of hydrogen-bond donors (Lipinski definition) is 3. The second kappa shape index (κ2) is 6.95. The van der Waals surface area contributed by atoms with Gasteiger partial charge in [-0.3, -0.25) is 9.59 Å². The highest BCUT2D eigenvalue weighted by Crippen LogP contribution is 2.10. The van der Waals surface area contributed by atoms with Crippen LogP contribution in [0, 0.1) is 0 Å². The number of amides is 2. The van der Waals surface area contributed by atoms with Crippen molar-refractivity contribution in [3.63, 3.8) is 0 Å². The molecule has 0 heterocycles. The van der Waals surface area contributed by atoms with E-state index >= 15 is 0 Å². The van der Waals surface area contributed by atoms with Crippen molar-refractivity contribution in [2.24, 2.45) is 0 Å². The number of carbonyl (C=O) groups is 3. The van der Waals surface area contributed by atoms with E-state index in [0.717, 1.165) is 17.7 Å². The van der Waals surface area contributed by atoms with Gasteiger partial charge in [-0.15, -0.1) is 0 Å². The lowest BCUT2D eigenvalue weighted by molar-refractivity contribution is -0.131. The highest BCUT2D eigenvalue weighted by Gasteiger charge is 2.02. The van der Waals surface area contributed by atoms with E-state index in [0.29, 0.717) is 5.69 Å². The normalized spacial score (nSPS) is 10.2. The summed E-state index contributed by atoms with van der Waals surface area (Å²) in [6.07, 6.45) is 1.96. The fourth-order valence-corrected chi connectivity index (χ4v) is 1.31. The smallest absolute Gasteiger partial charge is 0.328 e. The Hall–Kier alpha value is -2.63. The molecular weight excluding hydrogens is 248 g/mol. The molecule has 1 aromatic carbocycles. The van der Waals surface area contributed by atoms with E-state index in [1.807, 2.05) is 0 Å². The minimum atomic E-state index is -1.18. The van der Waals surface area contributed by atoms with Gasteiger partial charge in [0.2, 0.25) is 11.8 Å². The molecule has 100 valence electrons. The average Bonchev–Trinajstić information content (AvgIpc) is 2.38. The maximum Gasteiger partial charge on any atom is 0.328 e. The van der Waals surface area contributed by atoms with Gasteiger partial charge >= 0.3 is 5.97 Å². The zero-order valence-electron chi connectivity index (χ0n) is 10.3. The first-order valence-electron chi connectivity index (χ1n) is 5.53. The summed E-state index contributed by atoms with van der Waals surface area (Å²) in [4.78, 5) is 32.7. The molecule has 0 atom stereocenters. The number of benzene rings is 1. The largest absolute Gasteiger partial charge is 0.478 e. The van der Waals surface area contributed by atoms with E-state index in [9.17, 15) is 14.4 Å². The number of carboxylic acids is 1. The molecule has 0 unspecified atom stereocenters. The molecule has 6 heteroatoms. The van der Waals surface area contributed by atoms with Crippen LogP contribution >= 0.6 is 0 Å². The Morgan fingerprint density at radius 1 is 1.16 bits per heavy atom. The summed E-state index contributed by atoms with van der Waals surface area (Å²) in [5, 5.41) is 13.4. The molecular formula is C13H14N2O4. The summed E-state index contributed by atoms with van der Waals surface area (Å²) in [7, 11) is 1.56. The number of hydrogen-bond acceptors (Lipinski definition) is 3. The van der Waals surface area contributed by atoms with Crippen molar-refractivity contribution in [3.8, 4) is 0 Å². The summed E-state index contributed by atoms with van der Waals surface area (Å²) in [5.74, 6) is -1.81. The van der Waals surface area contributed by atoms with Crippen molar-refractivity contribution in [1.29, 1.82) is 0 Å². The van der Waals surface area contributed by atoms with Crippen molar-refractivity contribution in [1.82, 2.24) is 5.32 Å². The van der Waals surface area contributed by atoms with E-state index < -0.39 is 11.9 Å². The molecule has 0 aromatic heterocycles. The zero-order valence-corrected chi connectivity index (χ0v) is 10.3. The maximum absolute atomic E-state index is 11.3. The third-order valence-corrected chi connectivity index (χ3v) is 2.24. The van der Waals surface area contributed by atoms with E-state index in [4.69, 9.17) is 5.11 Å². The first-order valence-corrected chi connectivity index (χ1v) is 5.53. The number of nitrogens with one attached hydrogen (secondary N) is 2. The Bertz CT molecular complexity index is 506. The number of likely N-dealkylation sites (N-methyl/N-ethyl adjacent to an activating group) is 1. The van der Waals surface area contributed by atoms with Crippen LogP contribution < -0.4 is 10.6 Å². The summed E-state index contributed by atoms with van der Waals surface area (Å²) < 4.78 is 0. The van der Waals surface area contributed by atoms with Crippen LogP contribution in [0.15, 0.2) is 36.4 Å². The van der Waals surface area contributed by atoms with Gasteiger partial charge in [-0.05, 0) is 17.7 Å². The fourth-order valence-electron chi connectivity index (χ4n) is 1.31. The van der Waals surface area contributed by atoms with Crippen LogP contribution in [0.2, 0.25) is 0 Å². The number of carboxylic acid groups (broad SMARTS) is 1. The van der Waals surface area contributed by atoms with Gasteiger partial charge in [-0.2, -0.15) is 0 Å². The predicted octanol–water partition coefficient (Wildman–Crippen LogP) is 0.554. The van der Waals surface area contributed by atoms with Crippen molar-refractivity contribution >= 4 is 23.5 Å². The zero-order chi connectivity index (χ0) is 14.3. The topological polar surface area (TPSA) is 95.5 Å². The number of aliphatic carboxylic acids is 1. The molecule has 0 bridgehead atoms. The molecule has 2 amide bonds. The van der Waals surface area contributed by atoms with Crippen LogP contribution in [0.3, 0.4) is 0 Å². The van der Waals surface area contributed by atoms with E-state index in [2.05, 4.69) is 10.6 Å². The van der Waals surface area contributed by atoms with Gasteiger partial charge in [-0.1, -0.05) is 12.1 Å². The summed E-state index contributed by atoms with van der Waals surface area (Å²) in [6, 6.07) is 6.72. The van der Waals surface area contributed by atoms with E-state index in [-0.39, 0.29) is 12.3 Å². The lowest BCUT2D eigenvalue weighted by Crippen LogP contribution is -2.19. The van der Waals surface area contributed by atoms with Crippen LogP contribution in [-0.4, -0.2) is 29.9 Å². The molecule has 0 saturated heterocycles. The second-order valence-corrected chi connectivity index (χ2v) is 3.71. The molecule has 0 spiro atoms. The highest BCUT2D eigenvalue weighted by atomic mass is 16.4. The maximum atomic E-state index is 11.3. The predicted molar refractivity (Wildman–Crippen MR) is 69.6 cm³/mol. The second-order valence-electron chi connectivity index (χ2n) is 3.71. The third-order valence-electron chi connectivity index (χ3n) is 2.24. The van der Waals surface area contributed by atoms with Gasteiger partial charge in [0.25, 0.3) is 0 Å². The minimum absolute atomic E-state index is 0.0961. The van der Waals surface area contributed by atoms with Crippen molar-refractivity contribution < 1.29 is 19.5 Å². The quantitative estimate of drug-likeness (QED) is 0.675. The van der Waals surface area contributed by atoms with Crippen molar-refractivity contribution in [3.05, 3.63) is 42.0 Å². The lowest BCUT2D eigenvalue weighted by atomic mass is 10.1. The Labute approximate surface area is 110 Å². The highest BCUT2D eigenvalue weighted by molar-refractivity contribution is 6.02. The lowest BCUT2D eigenvalue weighted by Gasteiger charge is -2.04. The molecule has 0 aliphatic rings. The number of anilines is 1. The third kappa shape index (κ3) is 5.49. The van der Waals surface area contributed by atoms with Crippen molar-refractivity contribution in [2.75, 3.05) is 12.4 Å².